The lowest BCUT2D eigenvalue weighted by molar-refractivity contribution is 0.389. The zero-order valence-corrected chi connectivity index (χ0v) is 14.9. The van der Waals surface area contributed by atoms with Crippen LogP contribution in [0.5, 0.6) is 5.75 Å². The maximum absolute atomic E-state index is 10.4. The van der Waals surface area contributed by atoms with Crippen molar-refractivity contribution in [1.29, 1.82) is 0 Å². The van der Waals surface area contributed by atoms with E-state index in [-0.39, 0.29) is 0 Å². The van der Waals surface area contributed by atoms with Crippen LogP contribution in [0.3, 0.4) is 0 Å². The van der Waals surface area contributed by atoms with Crippen molar-refractivity contribution in [3.8, 4) is 5.75 Å². The van der Waals surface area contributed by atoms with E-state index in [0.717, 1.165) is 41.1 Å². The van der Waals surface area contributed by atoms with Gasteiger partial charge < -0.3 is 5.11 Å². The van der Waals surface area contributed by atoms with Crippen molar-refractivity contribution in [2.75, 3.05) is 0 Å². The first-order valence-corrected chi connectivity index (χ1v) is 9.17. The quantitative estimate of drug-likeness (QED) is 0.605. The lowest BCUT2D eigenvalue weighted by atomic mass is 9.91. The Balaban J connectivity index is 1.81. The molecule has 0 bridgehead atoms. The first kappa shape index (κ1) is 17.8. The number of aromatic hydroxyl groups is 1. The van der Waals surface area contributed by atoms with Gasteiger partial charge in [0.05, 0.1) is 0 Å². The lowest BCUT2D eigenvalue weighted by Crippen LogP contribution is -2.01. The van der Waals surface area contributed by atoms with Gasteiger partial charge in [-0.05, 0) is 36.3 Å². The highest BCUT2D eigenvalue weighted by Crippen LogP contribution is 2.28. The molecule has 126 valence electrons. The number of hydrogen-bond donors (Lipinski definition) is 1. The average molecular weight is 313 g/mol. The molecule has 1 aromatic carbocycles. The van der Waals surface area contributed by atoms with Crippen molar-refractivity contribution in [2.45, 2.75) is 65.7 Å². The van der Waals surface area contributed by atoms with Gasteiger partial charge in [0.1, 0.15) is 11.3 Å². The molecule has 0 radical (unpaired) electrons. The number of fused-ring (bicyclic) bond motifs is 1. The highest BCUT2D eigenvalue weighted by Gasteiger charge is 2.09. The predicted octanol–water partition coefficient (Wildman–Crippen LogP) is 6.12. The van der Waals surface area contributed by atoms with Crippen LogP contribution in [0.1, 0.15) is 64.9 Å². The van der Waals surface area contributed by atoms with Crippen LogP contribution in [0.2, 0.25) is 0 Å². The summed E-state index contributed by atoms with van der Waals surface area (Å²) in [5.74, 6) is 2.00. The molecule has 1 N–H and O–H groups in total. The molecule has 2 rings (SSSR count). The van der Waals surface area contributed by atoms with E-state index in [1.54, 1.807) is 6.20 Å². The summed E-state index contributed by atoms with van der Waals surface area (Å²) in [6.07, 6.45) is 10.4. The minimum atomic E-state index is 0.368. The van der Waals surface area contributed by atoms with Crippen LogP contribution in [-0.4, -0.2) is 10.1 Å². The van der Waals surface area contributed by atoms with Crippen LogP contribution < -0.4 is 0 Å². The maximum Gasteiger partial charge on any atom is 0.144 e. The van der Waals surface area contributed by atoms with E-state index in [1.807, 2.05) is 18.2 Å². The highest BCUT2D eigenvalue weighted by molar-refractivity contribution is 5.85. The Kier molecular flexibility index (Phi) is 6.88. The SMILES string of the molecule is CCCC(C)CCC(C)CCCc1ccc2cccnc2c1O. The summed E-state index contributed by atoms with van der Waals surface area (Å²) in [4.78, 5) is 4.30. The number of nitrogens with zero attached hydrogens (tertiary/aromatic N) is 1. The summed E-state index contributed by atoms with van der Waals surface area (Å²) in [6, 6.07) is 8.01. The minimum absolute atomic E-state index is 0.368. The Morgan fingerprint density at radius 1 is 1.00 bits per heavy atom. The van der Waals surface area contributed by atoms with Crippen LogP contribution in [0.4, 0.5) is 0 Å². The molecule has 0 amide bonds. The van der Waals surface area contributed by atoms with E-state index < -0.39 is 0 Å². The maximum atomic E-state index is 10.4. The second kappa shape index (κ2) is 8.90. The number of pyridine rings is 1. The molecule has 0 aliphatic rings. The number of phenolic OH excluding ortho intramolecular Hbond substituents is 1. The topological polar surface area (TPSA) is 33.1 Å². The molecule has 2 unspecified atom stereocenters. The largest absolute Gasteiger partial charge is 0.505 e. The fourth-order valence-electron chi connectivity index (χ4n) is 3.36. The first-order valence-electron chi connectivity index (χ1n) is 9.17. The standard InChI is InChI=1S/C21H31NO/c1-4-7-16(2)11-12-17(3)8-5-9-19-14-13-18-10-6-15-22-20(18)21(19)23/h6,10,13-17,23H,4-5,7-9,11-12H2,1-3H3. The van der Waals surface area contributed by atoms with Gasteiger partial charge in [-0.2, -0.15) is 0 Å². The molecule has 0 aliphatic carbocycles. The summed E-state index contributed by atoms with van der Waals surface area (Å²) in [5, 5.41) is 11.4. The van der Waals surface area contributed by atoms with Crippen molar-refractivity contribution in [1.82, 2.24) is 4.98 Å². The zero-order chi connectivity index (χ0) is 16.7. The molecule has 0 spiro atoms. The van der Waals surface area contributed by atoms with E-state index in [2.05, 4.69) is 31.8 Å². The van der Waals surface area contributed by atoms with Crippen molar-refractivity contribution in [2.24, 2.45) is 11.8 Å². The Morgan fingerprint density at radius 2 is 1.74 bits per heavy atom. The summed E-state index contributed by atoms with van der Waals surface area (Å²) in [6.45, 7) is 7.00. The molecular weight excluding hydrogens is 282 g/mol. The zero-order valence-electron chi connectivity index (χ0n) is 14.9. The van der Waals surface area contributed by atoms with Gasteiger partial charge in [0.15, 0.2) is 0 Å². The van der Waals surface area contributed by atoms with Crippen molar-refractivity contribution < 1.29 is 5.11 Å². The van der Waals surface area contributed by atoms with E-state index in [4.69, 9.17) is 0 Å². The molecule has 23 heavy (non-hydrogen) atoms. The summed E-state index contributed by atoms with van der Waals surface area (Å²) in [7, 11) is 0. The van der Waals surface area contributed by atoms with Gasteiger partial charge in [-0.25, -0.2) is 0 Å². The summed E-state index contributed by atoms with van der Waals surface area (Å²) in [5.41, 5.74) is 1.76. The number of phenols is 1. The van der Waals surface area contributed by atoms with Gasteiger partial charge in [0.25, 0.3) is 0 Å². The van der Waals surface area contributed by atoms with Crippen LogP contribution in [0.15, 0.2) is 30.5 Å². The van der Waals surface area contributed by atoms with Gasteiger partial charge in [-0.15, -0.1) is 0 Å². The molecule has 0 aliphatic heterocycles. The van der Waals surface area contributed by atoms with Gasteiger partial charge in [-0.3, -0.25) is 4.98 Å². The first-order chi connectivity index (χ1) is 11.1. The molecule has 1 aromatic heterocycles. The van der Waals surface area contributed by atoms with Gasteiger partial charge in [0.2, 0.25) is 0 Å². The molecule has 0 saturated heterocycles. The fraction of sp³-hybridized carbons (Fsp3) is 0.571. The van der Waals surface area contributed by atoms with Crippen LogP contribution in [-0.2, 0) is 6.42 Å². The van der Waals surface area contributed by atoms with Crippen LogP contribution in [0.25, 0.3) is 10.9 Å². The number of aryl methyl sites for hydroxylation is 1. The number of hydrogen-bond acceptors (Lipinski definition) is 2. The third-order valence-corrected chi connectivity index (χ3v) is 4.91. The Bertz CT molecular complexity index is 608. The minimum Gasteiger partial charge on any atom is -0.505 e. The Hall–Kier alpha value is -1.57. The van der Waals surface area contributed by atoms with Crippen LogP contribution in [0, 0.1) is 11.8 Å². The molecule has 2 aromatic rings. The fourth-order valence-corrected chi connectivity index (χ4v) is 3.36. The van der Waals surface area contributed by atoms with E-state index in [0.29, 0.717) is 5.75 Å². The van der Waals surface area contributed by atoms with Crippen LogP contribution >= 0.6 is 0 Å². The number of rotatable bonds is 9. The van der Waals surface area contributed by atoms with Crippen molar-refractivity contribution >= 4 is 10.9 Å². The van der Waals surface area contributed by atoms with Gasteiger partial charge in [0, 0.05) is 11.6 Å². The van der Waals surface area contributed by atoms with Gasteiger partial charge in [-0.1, -0.05) is 71.1 Å². The number of aromatic nitrogens is 1. The molecule has 2 heteroatoms. The molecule has 2 nitrogen and oxygen atoms in total. The second-order valence-corrected chi connectivity index (χ2v) is 7.12. The van der Waals surface area contributed by atoms with Crippen molar-refractivity contribution in [3.05, 3.63) is 36.0 Å². The number of benzene rings is 1. The van der Waals surface area contributed by atoms with E-state index in [1.165, 1.54) is 32.1 Å². The molecule has 1 heterocycles. The normalized spacial score (nSPS) is 14.0. The third kappa shape index (κ3) is 5.23. The third-order valence-electron chi connectivity index (χ3n) is 4.91. The lowest BCUT2D eigenvalue weighted by Gasteiger charge is -2.15. The highest BCUT2D eigenvalue weighted by atomic mass is 16.3. The monoisotopic (exact) mass is 313 g/mol. The Morgan fingerprint density at radius 3 is 2.48 bits per heavy atom. The Labute approximate surface area is 141 Å². The second-order valence-electron chi connectivity index (χ2n) is 7.12. The molecule has 0 saturated carbocycles. The predicted molar refractivity (Wildman–Crippen MR) is 98.8 cm³/mol. The van der Waals surface area contributed by atoms with Crippen molar-refractivity contribution in [3.63, 3.8) is 0 Å². The smallest absolute Gasteiger partial charge is 0.144 e. The van der Waals surface area contributed by atoms with Gasteiger partial charge >= 0.3 is 0 Å². The average Bonchev–Trinajstić information content (AvgIpc) is 2.55. The molecular formula is C21H31NO. The summed E-state index contributed by atoms with van der Waals surface area (Å²) >= 11 is 0. The molecule has 2 atom stereocenters. The molecule has 0 fully saturated rings. The van der Waals surface area contributed by atoms with E-state index >= 15 is 0 Å². The van der Waals surface area contributed by atoms with E-state index in [9.17, 15) is 5.11 Å². The summed E-state index contributed by atoms with van der Waals surface area (Å²) < 4.78 is 0.